The number of hydrogen-bond donors (Lipinski definition) is 1. The lowest BCUT2D eigenvalue weighted by Gasteiger charge is -2.37. The molecule has 2 aliphatic rings. The van der Waals surface area contributed by atoms with Crippen molar-refractivity contribution in [1.29, 1.82) is 0 Å². The van der Waals surface area contributed by atoms with Gasteiger partial charge < -0.3 is 10.1 Å². The Labute approximate surface area is 112 Å². The highest BCUT2D eigenvalue weighted by atomic mass is 16.5. The normalized spacial score (nSPS) is 28.7. The fourth-order valence-electron chi connectivity index (χ4n) is 3.33. The topological polar surface area (TPSA) is 24.5 Å². The Balaban J connectivity index is 1.68. The number of ether oxygens (including phenoxy) is 1. The number of rotatable bonds is 6. The van der Waals surface area contributed by atoms with Crippen molar-refractivity contribution in [2.45, 2.75) is 70.6 Å². The van der Waals surface area contributed by atoms with Crippen molar-refractivity contribution in [2.75, 3.05) is 26.2 Å². The van der Waals surface area contributed by atoms with E-state index in [2.05, 4.69) is 24.1 Å². The largest absolute Gasteiger partial charge is 0.377 e. The zero-order chi connectivity index (χ0) is 12.8. The van der Waals surface area contributed by atoms with Crippen LogP contribution in [-0.4, -0.2) is 49.3 Å². The molecule has 0 bridgehead atoms. The van der Waals surface area contributed by atoms with Crippen molar-refractivity contribution in [3.05, 3.63) is 0 Å². The van der Waals surface area contributed by atoms with Crippen LogP contribution in [0.2, 0.25) is 0 Å². The number of nitrogens with zero attached hydrogens (tertiary/aromatic N) is 1. The minimum atomic E-state index is 0.470. The minimum Gasteiger partial charge on any atom is -0.377 e. The van der Waals surface area contributed by atoms with E-state index in [9.17, 15) is 0 Å². The number of piperidine rings is 1. The van der Waals surface area contributed by atoms with Gasteiger partial charge in [0.1, 0.15) is 0 Å². The Morgan fingerprint density at radius 2 is 2.00 bits per heavy atom. The smallest absolute Gasteiger partial charge is 0.0702 e. The summed E-state index contributed by atoms with van der Waals surface area (Å²) in [6, 6.07) is 1.44. The zero-order valence-electron chi connectivity index (χ0n) is 12.2. The molecule has 1 N–H and O–H groups in total. The fourth-order valence-corrected chi connectivity index (χ4v) is 3.33. The predicted octanol–water partition coefficient (Wildman–Crippen LogP) is 2.41. The maximum Gasteiger partial charge on any atom is 0.0702 e. The molecule has 18 heavy (non-hydrogen) atoms. The maximum atomic E-state index is 5.78. The van der Waals surface area contributed by atoms with Gasteiger partial charge in [0.15, 0.2) is 0 Å². The second kappa shape index (κ2) is 7.46. The second-order valence-electron chi connectivity index (χ2n) is 5.95. The minimum absolute atomic E-state index is 0.470. The van der Waals surface area contributed by atoms with Crippen molar-refractivity contribution in [1.82, 2.24) is 10.2 Å². The van der Waals surface area contributed by atoms with Crippen LogP contribution in [0.1, 0.15) is 52.4 Å². The summed E-state index contributed by atoms with van der Waals surface area (Å²) in [6.45, 7) is 8.83. The number of likely N-dealkylation sites (tertiary alicyclic amines) is 1. The van der Waals surface area contributed by atoms with Gasteiger partial charge in [-0.1, -0.05) is 12.8 Å². The molecule has 1 saturated heterocycles. The predicted molar refractivity (Wildman–Crippen MR) is 75.9 cm³/mol. The van der Waals surface area contributed by atoms with Gasteiger partial charge in [-0.3, -0.25) is 4.90 Å². The highest BCUT2D eigenvalue weighted by Crippen LogP contribution is 2.19. The van der Waals surface area contributed by atoms with Gasteiger partial charge in [-0.15, -0.1) is 0 Å². The molecule has 0 radical (unpaired) electrons. The van der Waals surface area contributed by atoms with E-state index in [-0.39, 0.29) is 0 Å². The maximum absolute atomic E-state index is 5.78. The fraction of sp³-hybridized carbons (Fsp3) is 1.00. The van der Waals surface area contributed by atoms with E-state index in [0.717, 1.165) is 25.7 Å². The Morgan fingerprint density at radius 3 is 2.72 bits per heavy atom. The average molecular weight is 254 g/mol. The van der Waals surface area contributed by atoms with Crippen LogP contribution in [0, 0.1) is 0 Å². The summed E-state index contributed by atoms with van der Waals surface area (Å²) in [5.41, 5.74) is 0. The van der Waals surface area contributed by atoms with Gasteiger partial charge in [-0.05, 0) is 46.1 Å². The molecule has 2 unspecified atom stereocenters. The van der Waals surface area contributed by atoms with E-state index < -0.39 is 0 Å². The molecule has 1 aliphatic carbocycles. The number of hydrogen-bond acceptors (Lipinski definition) is 3. The lowest BCUT2D eigenvalue weighted by molar-refractivity contribution is -0.00511. The Kier molecular flexibility index (Phi) is 5.93. The highest BCUT2D eigenvalue weighted by Gasteiger charge is 2.24. The van der Waals surface area contributed by atoms with Gasteiger partial charge >= 0.3 is 0 Å². The van der Waals surface area contributed by atoms with Crippen molar-refractivity contribution < 1.29 is 4.74 Å². The molecule has 2 rings (SSSR count). The van der Waals surface area contributed by atoms with Gasteiger partial charge in [0, 0.05) is 31.8 Å². The van der Waals surface area contributed by atoms with Crippen LogP contribution < -0.4 is 5.32 Å². The van der Waals surface area contributed by atoms with E-state index >= 15 is 0 Å². The molecule has 2 atom stereocenters. The number of nitrogens with one attached hydrogen (secondary N) is 1. The molecule has 1 aliphatic heterocycles. The summed E-state index contributed by atoms with van der Waals surface area (Å²) < 4.78 is 5.78. The molecular formula is C15H30N2O. The van der Waals surface area contributed by atoms with Crippen LogP contribution in [0.5, 0.6) is 0 Å². The standard InChI is InChI=1S/C15H30N2O/c1-3-18-15-9-6-10-17(12-15)13(2)11-16-14-7-4-5-8-14/h13-16H,3-12H2,1-2H3. The zero-order valence-corrected chi connectivity index (χ0v) is 12.2. The summed E-state index contributed by atoms with van der Waals surface area (Å²) in [6.07, 6.45) is 8.61. The quantitative estimate of drug-likeness (QED) is 0.788. The monoisotopic (exact) mass is 254 g/mol. The first-order valence-corrected chi connectivity index (χ1v) is 7.88. The molecule has 106 valence electrons. The molecule has 0 aromatic heterocycles. The molecular weight excluding hydrogens is 224 g/mol. The Hall–Kier alpha value is -0.120. The van der Waals surface area contributed by atoms with E-state index in [1.807, 2.05) is 0 Å². The van der Waals surface area contributed by atoms with E-state index in [0.29, 0.717) is 12.1 Å². The van der Waals surface area contributed by atoms with E-state index in [4.69, 9.17) is 4.74 Å². The third kappa shape index (κ3) is 4.22. The molecule has 3 nitrogen and oxygen atoms in total. The summed E-state index contributed by atoms with van der Waals surface area (Å²) in [5.74, 6) is 0. The van der Waals surface area contributed by atoms with Gasteiger partial charge in [0.2, 0.25) is 0 Å². The first-order valence-electron chi connectivity index (χ1n) is 7.88. The van der Waals surface area contributed by atoms with Crippen molar-refractivity contribution >= 4 is 0 Å². The lowest BCUT2D eigenvalue weighted by atomic mass is 10.1. The molecule has 0 aromatic rings. The molecule has 2 fully saturated rings. The van der Waals surface area contributed by atoms with Gasteiger partial charge in [-0.2, -0.15) is 0 Å². The summed E-state index contributed by atoms with van der Waals surface area (Å²) in [4.78, 5) is 2.60. The van der Waals surface area contributed by atoms with Crippen LogP contribution in [0.3, 0.4) is 0 Å². The molecule has 0 amide bonds. The first-order chi connectivity index (χ1) is 8.79. The highest BCUT2D eigenvalue weighted by molar-refractivity contribution is 4.81. The van der Waals surface area contributed by atoms with Gasteiger partial charge in [0.25, 0.3) is 0 Å². The third-order valence-electron chi connectivity index (χ3n) is 4.49. The van der Waals surface area contributed by atoms with Crippen molar-refractivity contribution in [3.8, 4) is 0 Å². The van der Waals surface area contributed by atoms with Crippen molar-refractivity contribution in [3.63, 3.8) is 0 Å². The SMILES string of the molecule is CCOC1CCCN(C(C)CNC2CCCC2)C1. The third-order valence-corrected chi connectivity index (χ3v) is 4.49. The summed E-state index contributed by atoms with van der Waals surface area (Å²) in [7, 11) is 0. The molecule has 0 spiro atoms. The van der Waals surface area contributed by atoms with Gasteiger partial charge in [0.05, 0.1) is 6.10 Å². The Morgan fingerprint density at radius 1 is 1.22 bits per heavy atom. The first kappa shape index (κ1) is 14.3. The van der Waals surface area contributed by atoms with E-state index in [1.165, 1.54) is 45.1 Å². The average Bonchev–Trinajstić information content (AvgIpc) is 2.90. The molecule has 1 heterocycles. The van der Waals surface area contributed by atoms with Crippen LogP contribution >= 0.6 is 0 Å². The second-order valence-corrected chi connectivity index (χ2v) is 5.95. The van der Waals surface area contributed by atoms with Crippen LogP contribution in [-0.2, 0) is 4.74 Å². The lowest BCUT2D eigenvalue weighted by Crippen LogP contribution is -2.49. The molecule has 1 saturated carbocycles. The Bertz CT molecular complexity index is 227. The molecule has 0 aromatic carbocycles. The van der Waals surface area contributed by atoms with Crippen LogP contribution in [0.25, 0.3) is 0 Å². The van der Waals surface area contributed by atoms with Crippen LogP contribution in [0.4, 0.5) is 0 Å². The molecule has 3 heteroatoms. The summed E-state index contributed by atoms with van der Waals surface area (Å²) in [5, 5.41) is 3.74. The summed E-state index contributed by atoms with van der Waals surface area (Å²) >= 11 is 0. The van der Waals surface area contributed by atoms with Gasteiger partial charge in [-0.25, -0.2) is 0 Å². The van der Waals surface area contributed by atoms with Crippen molar-refractivity contribution in [2.24, 2.45) is 0 Å². The van der Waals surface area contributed by atoms with Crippen LogP contribution in [0.15, 0.2) is 0 Å². The van der Waals surface area contributed by atoms with E-state index in [1.54, 1.807) is 0 Å².